The van der Waals surface area contributed by atoms with Crippen molar-refractivity contribution in [3.63, 3.8) is 0 Å². The quantitative estimate of drug-likeness (QED) is 0.847. The molecule has 0 aromatic heterocycles. The maximum absolute atomic E-state index is 3.54. The predicted octanol–water partition coefficient (Wildman–Crippen LogP) is 5.00. The molecule has 2 aromatic carbocycles. The third-order valence-corrected chi connectivity index (χ3v) is 4.34. The molecule has 0 amide bonds. The van der Waals surface area contributed by atoms with Crippen molar-refractivity contribution < 1.29 is 0 Å². The summed E-state index contributed by atoms with van der Waals surface area (Å²) in [7, 11) is 4.11. The summed E-state index contributed by atoms with van der Waals surface area (Å²) in [5.41, 5.74) is 4.90. The van der Waals surface area contributed by atoms with Crippen LogP contribution in [0.3, 0.4) is 0 Å². The molecule has 1 unspecified atom stereocenters. The summed E-state index contributed by atoms with van der Waals surface area (Å²) >= 11 is 3.53. The van der Waals surface area contributed by atoms with Crippen molar-refractivity contribution in [1.82, 2.24) is 0 Å². The highest BCUT2D eigenvalue weighted by Gasteiger charge is 2.06. The van der Waals surface area contributed by atoms with Crippen LogP contribution in [0, 0.1) is 6.92 Å². The van der Waals surface area contributed by atoms with Gasteiger partial charge in [0.1, 0.15) is 0 Å². The predicted molar refractivity (Wildman–Crippen MR) is 91.7 cm³/mol. The van der Waals surface area contributed by atoms with Crippen molar-refractivity contribution in [3.8, 4) is 0 Å². The zero-order valence-corrected chi connectivity index (χ0v) is 14.0. The van der Waals surface area contributed by atoms with Gasteiger partial charge < -0.3 is 10.2 Å². The molecule has 0 aliphatic carbocycles. The van der Waals surface area contributed by atoms with Gasteiger partial charge in [-0.25, -0.2) is 0 Å². The largest absolute Gasteiger partial charge is 0.379 e. The Balaban J connectivity index is 2.10. The molecule has 0 radical (unpaired) electrons. The third kappa shape index (κ3) is 3.54. The van der Waals surface area contributed by atoms with Gasteiger partial charge in [0.15, 0.2) is 0 Å². The fraction of sp³-hybridized carbons (Fsp3) is 0.294. The summed E-state index contributed by atoms with van der Waals surface area (Å²) in [5.74, 6) is 0. The van der Waals surface area contributed by atoms with E-state index >= 15 is 0 Å². The zero-order chi connectivity index (χ0) is 14.7. The molecule has 2 rings (SSSR count). The highest BCUT2D eigenvalue weighted by Crippen LogP contribution is 2.25. The Morgan fingerprint density at radius 3 is 2.25 bits per heavy atom. The molecule has 1 N–H and O–H groups in total. The minimum atomic E-state index is 0.284. The van der Waals surface area contributed by atoms with Gasteiger partial charge in [-0.1, -0.05) is 28.1 Å². The molecule has 3 heteroatoms. The molecule has 0 aliphatic heterocycles. The molecule has 0 saturated carbocycles. The van der Waals surface area contributed by atoms with Gasteiger partial charge in [-0.05, 0) is 55.3 Å². The van der Waals surface area contributed by atoms with Crippen molar-refractivity contribution in [2.75, 3.05) is 24.3 Å². The lowest BCUT2D eigenvalue weighted by Crippen LogP contribution is -2.10. The number of rotatable bonds is 4. The second-order valence-corrected chi connectivity index (χ2v) is 6.17. The van der Waals surface area contributed by atoms with E-state index in [0.717, 1.165) is 10.2 Å². The Morgan fingerprint density at radius 1 is 1.05 bits per heavy atom. The average Bonchev–Trinajstić information content (AvgIpc) is 2.43. The zero-order valence-electron chi connectivity index (χ0n) is 12.4. The second kappa shape index (κ2) is 6.31. The summed E-state index contributed by atoms with van der Waals surface area (Å²) in [6.07, 6.45) is 0. The molecule has 0 fully saturated rings. The van der Waals surface area contributed by atoms with Crippen molar-refractivity contribution in [3.05, 3.63) is 58.1 Å². The fourth-order valence-corrected chi connectivity index (χ4v) is 2.38. The Hall–Kier alpha value is -1.48. The maximum atomic E-state index is 3.54. The number of aryl methyl sites for hydroxylation is 1. The molecule has 1 atom stereocenters. The van der Waals surface area contributed by atoms with E-state index in [4.69, 9.17) is 0 Å². The summed E-state index contributed by atoms with van der Waals surface area (Å²) in [5, 5.41) is 3.54. The monoisotopic (exact) mass is 332 g/mol. The van der Waals surface area contributed by atoms with Crippen LogP contribution in [-0.2, 0) is 0 Å². The topological polar surface area (TPSA) is 15.3 Å². The van der Waals surface area contributed by atoms with E-state index < -0.39 is 0 Å². The molecule has 0 bridgehead atoms. The van der Waals surface area contributed by atoms with E-state index in [0.29, 0.717) is 0 Å². The van der Waals surface area contributed by atoms with E-state index in [-0.39, 0.29) is 6.04 Å². The third-order valence-electron chi connectivity index (χ3n) is 3.45. The van der Waals surface area contributed by atoms with E-state index in [1.807, 2.05) is 0 Å². The molecule has 20 heavy (non-hydrogen) atoms. The van der Waals surface area contributed by atoms with Crippen molar-refractivity contribution >= 4 is 27.3 Å². The molecule has 0 spiro atoms. The lowest BCUT2D eigenvalue weighted by molar-refractivity contribution is 0.883. The first-order valence-electron chi connectivity index (χ1n) is 6.77. The molecule has 2 nitrogen and oxygen atoms in total. The highest BCUT2D eigenvalue weighted by molar-refractivity contribution is 9.10. The number of halogens is 1. The highest BCUT2D eigenvalue weighted by atomic mass is 79.9. The molecule has 0 aliphatic rings. The summed E-state index contributed by atoms with van der Waals surface area (Å²) in [6, 6.07) is 15.3. The lowest BCUT2D eigenvalue weighted by atomic mass is 10.1. The van der Waals surface area contributed by atoms with Crippen LogP contribution in [-0.4, -0.2) is 14.1 Å². The van der Waals surface area contributed by atoms with Crippen LogP contribution in [0.25, 0.3) is 0 Å². The fourth-order valence-electron chi connectivity index (χ4n) is 2.13. The maximum Gasteiger partial charge on any atom is 0.0485 e. The van der Waals surface area contributed by atoms with Crippen molar-refractivity contribution in [2.45, 2.75) is 19.9 Å². The Kier molecular flexibility index (Phi) is 4.71. The summed E-state index contributed by atoms with van der Waals surface area (Å²) < 4.78 is 1.14. The molecular formula is C17H21BrN2. The van der Waals surface area contributed by atoms with E-state index in [1.54, 1.807) is 0 Å². The summed E-state index contributed by atoms with van der Waals surface area (Å²) in [6.45, 7) is 4.29. The van der Waals surface area contributed by atoms with Crippen LogP contribution in [0.2, 0.25) is 0 Å². The van der Waals surface area contributed by atoms with Gasteiger partial charge in [-0.3, -0.25) is 0 Å². The van der Waals surface area contributed by atoms with Crippen LogP contribution < -0.4 is 10.2 Å². The van der Waals surface area contributed by atoms with Crippen molar-refractivity contribution in [2.24, 2.45) is 0 Å². The van der Waals surface area contributed by atoms with Gasteiger partial charge in [-0.15, -0.1) is 0 Å². The normalized spacial score (nSPS) is 12.1. The first kappa shape index (κ1) is 14.9. The molecule has 2 aromatic rings. The van der Waals surface area contributed by atoms with Crippen molar-refractivity contribution in [1.29, 1.82) is 0 Å². The van der Waals surface area contributed by atoms with Gasteiger partial charge in [0.25, 0.3) is 0 Å². The minimum absolute atomic E-state index is 0.284. The number of nitrogens with zero attached hydrogens (tertiary/aromatic N) is 1. The Morgan fingerprint density at radius 2 is 1.70 bits per heavy atom. The van der Waals surface area contributed by atoms with Crippen LogP contribution in [0.15, 0.2) is 46.9 Å². The van der Waals surface area contributed by atoms with Gasteiger partial charge in [-0.2, -0.15) is 0 Å². The average molecular weight is 333 g/mol. The van der Waals surface area contributed by atoms with Gasteiger partial charge >= 0.3 is 0 Å². The number of anilines is 2. The number of nitrogens with one attached hydrogen (secondary N) is 1. The van der Waals surface area contributed by atoms with Gasteiger partial charge in [0.05, 0.1) is 0 Å². The van der Waals surface area contributed by atoms with Crippen LogP contribution >= 0.6 is 15.9 Å². The number of hydrogen-bond acceptors (Lipinski definition) is 2. The van der Waals surface area contributed by atoms with E-state index in [9.17, 15) is 0 Å². The van der Waals surface area contributed by atoms with Gasteiger partial charge in [0.2, 0.25) is 0 Å². The second-order valence-electron chi connectivity index (χ2n) is 5.32. The molecule has 0 heterocycles. The van der Waals surface area contributed by atoms with E-state index in [2.05, 4.69) is 96.6 Å². The molecule has 0 saturated heterocycles. The van der Waals surface area contributed by atoms with Gasteiger partial charge in [0, 0.05) is 36.0 Å². The minimum Gasteiger partial charge on any atom is -0.379 e. The number of hydrogen-bond donors (Lipinski definition) is 1. The number of benzene rings is 2. The lowest BCUT2D eigenvalue weighted by Gasteiger charge is -2.18. The first-order chi connectivity index (χ1) is 9.47. The van der Waals surface area contributed by atoms with Crippen LogP contribution in [0.4, 0.5) is 11.4 Å². The standard InChI is InChI=1S/C17H21BrN2/c1-12-11-15(7-10-17(12)18)19-13(2)14-5-8-16(9-6-14)20(3)4/h5-11,13,19H,1-4H3. The Bertz CT molecular complexity index is 576. The van der Waals surface area contributed by atoms with Crippen LogP contribution in [0.1, 0.15) is 24.1 Å². The van der Waals surface area contributed by atoms with Crippen LogP contribution in [0.5, 0.6) is 0 Å². The summed E-state index contributed by atoms with van der Waals surface area (Å²) in [4.78, 5) is 2.11. The first-order valence-corrected chi connectivity index (χ1v) is 7.56. The van der Waals surface area contributed by atoms with E-state index in [1.165, 1.54) is 16.8 Å². The molecular weight excluding hydrogens is 312 g/mol. The Labute approximate surface area is 129 Å². The smallest absolute Gasteiger partial charge is 0.0485 e. The molecule has 106 valence electrons. The SMILES string of the molecule is Cc1cc(NC(C)c2ccc(N(C)C)cc2)ccc1Br.